The maximum absolute atomic E-state index is 12.0. The maximum atomic E-state index is 12.0. The molecule has 1 aromatic heterocycles. The van der Waals surface area contributed by atoms with Crippen molar-refractivity contribution in [3.05, 3.63) is 52.2 Å². The number of aryl methyl sites for hydroxylation is 1. The van der Waals surface area contributed by atoms with Gasteiger partial charge < -0.3 is 15.2 Å². The van der Waals surface area contributed by atoms with E-state index in [0.29, 0.717) is 22.6 Å². The molecule has 2 aromatic rings. The fourth-order valence-electron chi connectivity index (χ4n) is 1.90. The van der Waals surface area contributed by atoms with E-state index in [-0.39, 0.29) is 23.4 Å². The Labute approximate surface area is 144 Å². The second kappa shape index (κ2) is 7.77. The highest BCUT2D eigenvalue weighted by Crippen LogP contribution is 2.29. The number of benzene rings is 1. The number of aromatic nitrogens is 1. The molecule has 0 fully saturated rings. The standard InChI is InChI=1S/C17H16ClN3O3/c1-10(22)9-20-16(23)12-4-3-5-14(6-12)24-17-15(18)7-13(8-19)11(2)21-17/h3-7,10,22H,9H2,1-2H3,(H,20,23). The fourth-order valence-corrected chi connectivity index (χ4v) is 2.09. The Kier molecular flexibility index (Phi) is 5.74. The summed E-state index contributed by atoms with van der Waals surface area (Å²) in [5, 5.41) is 21.0. The number of ether oxygens (including phenoxy) is 1. The molecule has 1 unspecified atom stereocenters. The van der Waals surface area contributed by atoms with E-state index in [4.69, 9.17) is 21.6 Å². The van der Waals surface area contributed by atoms with E-state index in [1.165, 1.54) is 6.07 Å². The number of halogens is 1. The number of nitrogens with zero attached hydrogens (tertiary/aromatic N) is 2. The van der Waals surface area contributed by atoms with Gasteiger partial charge in [-0.15, -0.1) is 0 Å². The third kappa shape index (κ3) is 4.44. The van der Waals surface area contributed by atoms with Crippen LogP contribution in [0.4, 0.5) is 0 Å². The molecule has 2 N–H and O–H groups in total. The van der Waals surface area contributed by atoms with Gasteiger partial charge in [-0.2, -0.15) is 5.26 Å². The Bertz CT molecular complexity index is 800. The second-order valence-electron chi connectivity index (χ2n) is 5.21. The molecular formula is C17H16ClN3O3. The number of carbonyl (C=O) groups is 1. The lowest BCUT2D eigenvalue weighted by atomic mass is 10.2. The van der Waals surface area contributed by atoms with Gasteiger partial charge >= 0.3 is 0 Å². The molecule has 6 nitrogen and oxygen atoms in total. The molecule has 1 atom stereocenters. The van der Waals surface area contributed by atoms with Crippen LogP contribution in [0.25, 0.3) is 0 Å². The highest BCUT2D eigenvalue weighted by Gasteiger charge is 2.12. The van der Waals surface area contributed by atoms with Gasteiger partial charge in [0.1, 0.15) is 16.8 Å². The number of hydrogen-bond acceptors (Lipinski definition) is 5. The maximum Gasteiger partial charge on any atom is 0.251 e. The molecule has 1 heterocycles. The zero-order valence-corrected chi connectivity index (χ0v) is 14.0. The normalized spacial score (nSPS) is 11.5. The molecule has 0 aliphatic heterocycles. The molecule has 0 saturated carbocycles. The average molecular weight is 346 g/mol. The van der Waals surface area contributed by atoms with Crippen LogP contribution in [0.3, 0.4) is 0 Å². The number of nitrogens with one attached hydrogen (secondary N) is 1. The van der Waals surface area contributed by atoms with Crippen molar-refractivity contribution in [2.75, 3.05) is 6.54 Å². The van der Waals surface area contributed by atoms with E-state index in [1.54, 1.807) is 38.1 Å². The number of hydrogen-bond donors (Lipinski definition) is 2. The van der Waals surface area contributed by atoms with Crippen molar-refractivity contribution in [3.63, 3.8) is 0 Å². The van der Waals surface area contributed by atoms with Crippen molar-refractivity contribution in [2.24, 2.45) is 0 Å². The summed E-state index contributed by atoms with van der Waals surface area (Å²) in [6.45, 7) is 3.43. The van der Waals surface area contributed by atoms with Gasteiger partial charge in [-0.05, 0) is 38.1 Å². The Hall–Kier alpha value is -2.62. The van der Waals surface area contributed by atoms with E-state index in [1.807, 2.05) is 6.07 Å². The first kappa shape index (κ1) is 17.7. The lowest BCUT2D eigenvalue weighted by Crippen LogP contribution is -2.30. The fraction of sp³-hybridized carbons (Fsp3) is 0.235. The molecule has 24 heavy (non-hydrogen) atoms. The topological polar surface area (TPSA) is 95.2 Å². The Morgan fingerprint density at radius 1 is 1.50 bits per heavy atom. The number of pyridine rings is 1. The van der Waals surface area contributed by atoms with E-state index >= 15 is 0 Å². The Morgan fingerprint density at radius 3 is 2.92 bits per heavy atom. The smallest absolute Gasteiger partial charge is 0.251 e. The second-order valence-corrected chi connectivity index (χ2v) is 5.62. The predicted molar refractivity (Wildman–Crippen MR) is 89.2 cm³/mol. The van der Waals surface area contributed by atoms with Gasteiger partial charge in [-0.25, -0.2) is 4.98 Å². The molecule has 1 amide bonds. The summed E-state index contributed by atoms with van der Waals surface area (Å²) in [4.78, 5) is 16.2. The van der Waals surface area contributed by atoms with Crippen LogP contribution in [0.1, 0.15) is 28.5 Å². The van der Waals surface area contributed by atoms with Gasteiger partial charge in [0.15, 0.2) is 0 Å². The van der Waals surface area contributed by atoms with Gasteiger partial charge in [-0.3, -0.25) is 4.79 Å². The van der Waals surface area contributed by atoms with Crippen LogP contribution in [-0.4, -0.2) is 28.6 Å². The lowest BCUT2D eigenvalue weighted by Gasteiger charge is -2.10. The summed E-state index contributed by atoms with van der Waals surface area (Å²) in [5.74, 6) is 0.226. The molecule has 124 valence electrons. The first-order chi connectivity index (χ1) is 11.4. The minimum absolute atomic E-state index is 0.159. The van der Waals surface area contributed by atoms with Gasteiger partial charge in [0, 0.05) is 12.1 Å². The van der Waals surface area contributed by atoms with Crippen LogP contribution in [0, 0.1) is 18.3 Å². The quantitative estimate of drug-likeness (QED) is 0.868. The van der Waals surface area contributed by atoms with Crippen molar-refractivity contribution in [1.29, 1.82) is 5.26 Å². The average Bonchev–Trinajstić information content (AvgIpc) is 2.55. The molecule has 0 radical (unpaired) electrons. The molecule has 7 heteroatoms. The highest BCUT2D eigenvalue weighted by molar-refractivity contribution is 6.32. The predicted octanol–water partition coefficient (Wildman–Crippen LogP) is 2.82. The number of nitriles is 1. The number of rotatable bonds is 5. The van der Waals surface area contributed by atoms with E-state index in [2.05, 4.69) is 10.3 Å². The number of carbonyl (C=O) groups excluding carboxylic acids is 1. The van der Waals surface area contributed by atoms with Gasteiger partial charge in [0.05, 0.1) is 17.4 Å². The number of amides is 1. The summed E-state index contributed by atoms with van der Waals surface area (Å²) in [6, 6.07) is 9.98. The molecule has 0 aliphatic rings. The minimum atomic E-state index is -0.627. The summed E-state index contributed by atoms with van der Waals surface area (Å²) < 4.78 is 5.62. The van der Waals surface area contributed by atoms with Gasteiger partial charge in [0.25, 0.3) is 5.91 Å². The first-order valence-electron chi connectivity index (χ1n) is 7.22. The SMILES string of the molecule is Cc1nc(Oc2cccc(C(=O)NCC(C)O)c2)c(Cl)cc1C#N. The van der Waals surface area contributed by atoms with Crippen LogP contribution < -0.4 is 10.1 Å². The van der Waals surface area contributed by atoms with Crippen molar-refractivity contribution < 1.29 is 14.6 Å². The van der Waals surface area contributed by atoms with E-state index in [9.17, 15) is 9.90 Å². The molecule has 0 bridgehead atoms. The van der Waals surface area contributed by atoms with Gasteiger partial charge in [-0.1, -0.05) is 17.7 Å². The van der Waals surface area contributed by atoms with Crippen molar-refractivity contribution in [1.82, 2.24) is 10.3 Å². The summed E-state index contributed by atoms with van der Waals surface area (Å²) in [6.07, 6.45) is -0.627. The molecule has 0 aliphatic carbocycles. The van der Waals surface area contributed by atoms with E-state index in [0.717, 1.165) is 0 Å². The molecule has 0 saturated heterocycles. The van der Waals surface area contributed by atoms with Gasteiger partial charge in [0.2, 0.25) is 5.88 Å². The van der Waals surface area contributed by atoms with Crippen LogP contribution in [0.15, 0.2) is 30.3 Å². The lowest BCUT2D eigenvalue weighted by molar-refractivity contribution is 0.0923. The Morgan fingerprint density at radius 2 is 2.25 bits per heavy atom. The molecule has 0 spiro atoms. The number of aliphatic hydroxyl groups is 1. The first-order valence-corrected chi connectivity index (χ1v) is 7.60. The largest absolute Gasteiger partial charge is 0.438 e. The zero-order valence-electron chi connectivity index (χ0n) is 13.2. The minimum Gasteiger partial charge on any atom is -0.438 e. The third-order valence-electron chi connectivity index (χ3n) is 3.12. The summed E-state index contributed by atoms with van der Waals surface area (Å²) in [7, 11) is 0. The monoisotopic (exact) mass is 345 g/mol. The highest BCUT2D eigenvalue weighted by atomic mass is 35.5. The number of aliphatic hydroxyl groups excluding tert-OH is 1. The van der Waals surface area contributed by atoms with Crippen LogP contribution in [-0.2, 0) is 0 Å². The molecule has 1 aromatic carbocycles. The van der Waals surface area contributed by atoms with Crippen LogP contribution >= 0.6 is 11.6 Å². The Balaban J connectivity index is 2.20. The van der Waals surface area contributed by atoms with Crippen molar-refractivity contribution in [3.8, 4) is 17.7 Å². The summed E-state index contributed by atoms with van der Waals surface area (Å²) >= 11 is 6.07. The van der Waals surface area contributed by atoms with Crippen molar-refractivity contribution in [2.45, 2.75) is 20.0 Å². The molecular weight excluding hydrogens is 330 g/mol. The zero-order chi connectivity index (χ0) is 17.7. The molecule has 2 rings (SSSR count). The van der Waals surface area contributed by atoms with Crippen LogP contribution in [0.2, 0.25) is 5.02 Å². The van der Waals surface area contributed by atoms with E-state index < -0.39 is 6.10 Å². The third-order valence-corrected chi connectivity index (χ3v) is 3.39. The van der Waals surface area contributed by atoms with Crippen molar-refractivity contribution >= 4 is 17.5 Å². The van der Waals surface area contributed by atoms with Crippen LogP contribution in [0.5, 0.6) is 11.6 Å². The summed E-state index contributed by atoms with van der Waals surface area (Å²) in [5.41, 5.74) is 1.26.